The van der Waals surface area contributed by atoms with Gasteiger partial charge in [-0.2, -0.15) is 13.2 Å². The minimum Gasteiger partial charge on any atom is -0.490 e. The molecular formula is C32H24Cl3F3N2O5S. The van der Waals surface area contributed by atoms with Crippen molar-refractivity contribution in [3.63, 3.8) is 0 Å². The van der Waals surface area contributed by atoms with E-state index in [1.54, 1.807) is 31.2 Å². The largest absolute Gasteiger partial charge is 0.490 e. The molecule has 0 saturated heterocycles. The van der Waals surface area contributed by atoms with Crippen molar-refractivity contribution in [3.8, 4) is 11.5 Å². The minimum absolute atomic E-state index is 0.0348. The highest BCUT2D eigenvalue weighted by Crippen LogP contribution is 2.39. The van der Waals surface area contributed by atoms with Crippen LogP contribution >= 0.6 is 46.1 Å². The third kappa shape index (κ3) is 6.97. The fourth-order valence-corrected chi connectivity index (χ4v) is 6.38. The van der Waals surface area contributed by atoms with Gasteiger partial charge in [0, 0.05) is 15.6 Å². The average molecular weight is 712 g/mol. The van der Waals surface area contributed by atoms with E-state index in [4.69, 9.17) is 49.0 Å². The third-order valence-corrected chi connectivity index (χ3v) is 8.62. The second-order valence-corrected chi connectivity index (χ2v) is 12.0. The molecule has 1 aromatic heterocycles. The fraction of sp³-hybridized carbons (Fsp3) is 0.219. The summed E-state index contributed by atoms with van der Waals surface area (Å²) in [6, 6.07) is 14.6. The zero-order valence-electron chi connectivity index (χ0n) is 24.2. The minimum atomic E-state index is -5.03. The lowest BCUT2D eigenvalue weighted by Crippen LogP contribution is -2.41. The number of nitrogens with zero attached hydrogens (tertiary/aromatic N) is 2. The Balaban J connectivity index is 1.65. The van der Waals surface area contributed by atoms with E-state index < -0.39 is 35.0 Å². The molecule has 0 radical (unpaired) electrons. The van der Waals surface area contributed by atoms with Crippen LogP contribution in [0.2, 0.25) is 15.1 Å². The number of benzene rings is 3. The molecule has 0 N–H and O–H groups in total. The van der Waals surface area contributed by atoms with Crippen LogP contribution in [0.15, 0.2) is 81.7 Å². The van der Waals surface area contributed by atoms with E-state index in [1.807, 2.05) is 6.07 Å². The molecule has 1 aliphatic rings. The summed E-state index contributed by atoms with van der Waals surface area (Å²) < 4.78 is 60.9. The Morgan fingerprint density at radius 3 is 2.37 bits per heavy atom. The Bertz CT molecular complexity index is 2010. The molecule has 0 fully saturated rings. The first-order valence-electron chi connectivity index (χ1n) is 13.8. The Morgan fingerprint density at radius 2 is 1.72 bits per heavy atom. The van der Waals surface area contributed by atoms with E-state index >= 15 is 0 Å². The van der Waals surface area contributed by atoms with E-state index in [0.29, 0.717) is 15.6 Å². The quantitative estimate of drug-likeness (QED) is 0.171. The molecular weight excluding hydrogens is 688 g/mol. The number of halogens is 6. The van der Waals surface area contributed by atoms with E-state index in [-0.39, 0.29) is 51.2 Å². The van der Waals surface area contributed by atoms with Gasteiger partial charge in [0.15, 0.2) is 22.0 Å². The van der Waals surface area contributed by atoms with Gasteiger partial charge in [-0.1, -0.05) is 76.5 Å². The highest BCUT2D eigenvalue weighted by molar-refractivity contribution is 7.07. The molecule has 0 saturated carbocycles. The van der Waals surface area contributed by atoms with Gasteiger partial charge in [-0.3, -0.25) is 9.36 Å². The molecule has 0 spiro atoms. The Kier molecular flexibility index (Phi) is 10.2. The van der Waals surface area contributed by atoms with Crippen molar-refractivity contribution < 1.29 is 32.2 Å². The number of allylic oxidation sites excluding steroid dienone is 1. The number of hydrogen-bond donors (Lipinski definition) is 0. The van der Waals surface area contributed by atoms with Crippen LogP contribution in [0.3, 0.4) is 0 Å². The normalized spacial score (nSPS) is 15.0. The maximum atomic E-state index is 14.4. The number of carbonyl (C=O) groups excluding carboxylic acids is 1. The van der Waals surface area contributed by atoms with Crippen molar-refractivity contribution in [3.05, 3.63) is 123 Å². The van der Waals surface area contributed by atoms with Crippen molar-refractivity contribution >= 4 is 58.2 Å². The lowest BCUT2D eigenvalue weighted by atomic mass is 9.95. The molecule has 0 unspecified atom stereocenters. The van der Waals surface area contributed by atoms with Crippen LogP contribution in [0.5, 0.6) is 11.5 Å². The van der Waals surface area contributed by atoms with Crippen molar-refractivity contribution in [1.29, 1.82) is 0 Å². The van der Waals surface area contributed by atoms with Gasteiger partial charge in [0.05, 0.1) is 34.4 Å². The zero-order valence-corrected chi connectivity index (χ0v) is 27.2. The first kappa shape index (κ1) is 33.6. The van der Waals surface area contributed by atoms with Crippen LogP contribution < -0.4 is 24.4 Å². The molecule has 1 atom stereocenters. The van der Waals surface area contributed by atoms with Gasteiger partial charge in [0.2, 0.25) is 0 Å². The number of aromatic nitrogens is 1. The number of thiazole rings is 1. The van der Waals surface area contributed by atoms with Crippen LogP contribution in [0, 0.1) is 0 Å². The van der Waals surface area contributed by atoms with Gasteiger partial charge in [-0.15, -0.1) is 0 Å². The lowest BCUT2D eigenvalue weighted by molar-refractivity contribution is -0.140. The molecule has 1 aliphatic heterocycles. The predicted molar refractivity (Wildman–Crippen MR) is 171 cm³/mol. The molecule has 240 valence electrons. The van der Waals surface area contributed by atoms with Crippen LogP contribution in [-0.4, -0.2) is 29.9 Å². The second-order valence-electron chi connectivity index (χ2n) is 9.76. The molecule has 14 heteroatoms. The van der Waals surface area contributed by atoms with E-state index in [1.165, 1.54) is 43.3 Å². The summed E-state index contributed by atoms with van der Waals surface area (Å²) in [6.07, 6.45) is -3.57. The van der Waals surface area contributed by atoms with Gasteiger partial charge in [0.25, 0.3) is 5.56 Å². The summed E-state index contributed by atoms with van der Waals surface area (Å²) in [6.45, 7) is 3.42. The average Bonchev–Trinajstić information content (AvgIpc) is 3.31. The van der Waals surface area contributed by atoms with Gasteiger partial charge in [-0.25, -0.2) is 9.79 Å². The standard InChI is InChI=1S/C32H24Cl3F3N2O5S/c1-3-43-23-14-17(13-22(35)27(23)45-16-19-7-5-6-8-21(19)34)15-24-29(41)40-26(18-9-11-20(33)12-10-18)25(30(42)44-4-2)28(32(36,37)38)39-31(40)46-24/h5-15,26H,3-4,16H2,1-2H3/b24-15-/t26-/m1/s1. The molecule has 4 aromatic rings. The van der Waals surface area contributed by atoms with Gasteiger partial charge >= 0.3 is 12.1 Å². The first-order chi connectivity index (χ1) is 21.9. The van der Waals surface area contributed by atoms with E-state index in [9.17, 15) is 22.8 Å². The number of ether oxygens (including phenoxy) is 3. The van der Waals surface area contributed by atoms with Crippen molar-refractivity contribution in [2.75, 3.05) is 13.2 Å². The van der Waals surface area contributed by atoms with Crippen molar-refractivity contribution in [1.82, 2.24) is 4.57 Å². The molecule has 0 amide bonds. The van der Waals surface area contributed by atoms with Gasteiger partial charge in [-0.05, 0) is 61.4 Å². The maximum Gasteiger partial charge on any atom is 0.434 e. The Morgan fingerprint density at radius 1 is 1.00 bits per heavy atom. The number of alkyl halides is 3. The Labute approximate surface area is 279 Å². The molecule has 0 aliphatic carbocycles. The summed E-state index contributed by atoms with van der Waals surface area (Å²) in [5, 5.41) is 0.996. The maximum absolute atomic E-state index is 14.4. The van der Waals surface area contributed by atoms with Gasteiger partial charge in [0.1, 0.15) is 6.61 Å². The van der Waals surface area contributed by atoms with Gasteiger partial charge < -0.3 is 14.2 Å². The molecule has 7 nitrogen and oxygen atoms in total. The molecule has 3 aromatic carbocycles. The van der Waals surface area contributed by atoms with Crippen LogP contribution in [-0.2, 0) is 16.1 Å². The first-order valence-corrected chi connectivity index (χ1v) is 15.8. The second kappa shape index (κ2) is 13.9. The summed E-state index contributed by atoms with van der Waals surface area (Å²) in [5.74, 6) is -0.712. The summed E-state index contributed by atoms with van der Waals surface area (Å²) >= 11 is 19.6. The van der Waals surface area contributed by atoms with Crippen LogP contribution in [0.25, 0.3) is 6.08 Å². The van der Waals surface area contributed by atoms with E-state index in [2.05, 4.69) is 4.99 Å². The SMILES string of the molecule is CCOC(=O)C1=C(C(F)(F)F)N=c2s/c(=C\c3cc(Cl)c(OCc4ccccc4Cl)c(OCC)c3)c(=O)n2[C@@H]1c1ccc(Cl)cc1. The van der Waals surface area contributed by atoms with E-state index in [0.717, 1.165) is 21.5 Å². The highest BCUT2D eigenvalue weighted by atomic mass is 35.5. The number of esters is 1. The number of rotatable bonds is 9. The topological polar surface area (TPSA) is 79.1 Å². The number of fused-ring (bicyclic) bond motifs is 1. The molecule has 2 heterocycles. The fourth-order valence-electron chi connectivity index (χ4n) is 4.79. The smallest absolute Gasteiger partial charge is 0.434 e. The zero-order chi connectivity index (χ0) is 33.2. The summed E-state index contributed by atoms with van der Waals surface area (Å²) in [7, 11) is 0. The monoisotopic (exact) mass is 710 g/mol. The summed E-state index contributed by atoms with van der Waals surface area (Å²) in [4.78, 5) is 30.4. The molecule has 5 rings (SSSR count). The number of carbonyl (C=O) groups is 1. The highest BCUT2D eigenvalue weighted by Gasteiger charge is 2.45. The Hall–Kier alpha value is -3.77. The lowest BCUT2D eigenvalue weighted by Gasteiger charge is -2.26. The number of hydrogen-bond acceptors (Lipinski definition) is 7. The molecule has 0 bridgehead atoms. The van der Waals surface area contributed by atoms with Crippen molar-refractivity contribution in [2.45, 2.75) is 32.7 Å². The predicted octanol–water partition coefficient (Wildman–Crippen LogP) is 7.28. The van der Waals surface area contributed by atoms with Crippen molar-refractivity contribution in [2.24, 2.45) is 4.99 Å². The molecule has 46 heavy (non-hydrogen) atoms. The third-order valence-electron chi connectivity index (χ3n) is 6.74. The van der Waals surface area contributed by atoms with Crippen LogP contribution in [0.4, 0.5) is 13.2 Å². The van der Waals surface area contributed by atoms with Crippen LogP contribution in [0.1, 0.15) is 36.6 Å². The summed E-state index contributed by atoms with van der Waals surface area (Å²) in [5.41, 5.74) is -1.59.